The molecule has 4 rings (SSSR count). The maximum Gasteiger partial charge on any atom is 0.111 e. The topological polar surface area (TPSA) is 41.6 Å². The van der Waals surface area contributed by atoms with Crippen molar-refractivity contribution in [2.75, 3.05) is 0 Å². The van der Waals surface area contributed by atoms with Crippen molar-refractivity contribution in [1.82, 2.24) is 15.0 Å². The minimum absolute atomic E-state index is 0.481. The molecule has 2 heterocycles. The first-order valence-corrected chi connectivity index (χ1v) is 6.26. The highest BCUT2D eigenvalue weighted by molar-refractivity contribution is 5.73. The van der Waals surface area contributed by atoms with E-state index in [9.17, 15) is 0 Å². The number of H-pyrrole nitrogens is 1. The quantitative estimate of drug-likeness (QED) is 0.704. The van der Waals surface area contributed by atoms with Gasteiger partial charge in [-0.25, -0.2) is 4.98 Å². The average Bonchev–Trinajstić information content (AvgIpc) is 3.02. The van der Waals surface area contributed by atoms with E-state index in [1.54, 1.807) is 6.20 Å². The molecule has 0 bridgehead atoms. The van der Waals surface area contributed by atoms with E-state index in [0.717, 1.165) is 29.7 Å². The minimum atomic E-state index is 0.481. The summed E-state index contributed by atoms with van der Waals surface area (Å²) in [5, 5.41) is 0. The Hall–Kier alpha value is -2.16. The lowest BCUT2D eigenvalue weighted by Crippen LogP contribution is -1.99. The standard InChI is InChI=1S/C15H13N3/c1-2-4-11-8-12(7-10(11)3-1)15-17-13-5-6-16-9-14(13)18-15/h1-6,9,12H,7-8H2,(H,17,18). The van der Waals surface area contributed by atoms with Gasteiger partial charge < -0.3 is 4.98 Å². The van der Waals surface area contributed by atoms with Gasteiger partial charge in [0.15, 0.2) is 0 Å². The molecular weight excluding hydrogens is 222 g/mol. The van der Waals surface area contributed by atoms with E-state index in [0.29, 0.717) is 5.92 Å². The molecule has 0 amide bonds. The van der Waals surface area contributed by atoms with E-state index in [-0.39, 0.29) is 0 Å². The molecule has 0 unspecified atom stereocenters. The Morgan fingerprint density at radius 3 is 2.56 bits per heavy atom. The maximum absolute atomic E-state index is 4.68. The molecule has 0 spiro atoms. The van der Waals surface area contributed by atoms with E-state index in [2.05, 4.69) is 39.2 Å². The minimum Gasteiger partial charge on any atom is -0.340 e. The lowest BCUT2D eigenvalue weighted by molar-refractivity contribution is 0.697. The van der Waals surface area contributed by atoms with Crippen molar-refractivity contribution < 1.29 is 0 Å². The van der Waals surface area contributed by atoms with Crippen molar-refractivity contribution in [2.24, 2.45) is 0 Å². The van der Waals surface area contributed by atoms with Gasteiger partial charge in [0, 0.05) is 12.1 Å². The molecule has 1 aliphatic carbocycles. The lowest BCUT2D eigenvalue weighted by Gasteiger charge is -2.03. The van der Waals surface area contributed by atoms with E-state index >= 15 is 0 Å². The average molecular weight is 235 g/mol. The van der Waals surface area contributed by atoms with E-state index in [1.165, 1.54) is 11.1 Å². The molecule has 3 aromatic rings. The Bertz CT molecular complexity index is 656. The fourth-order valence-electron chi connectivity index (χ4n) is 2.82. The zero-order valence-corrected chi connectivity index (χ0v) is 9.93. The molecule has 1 aliphatic rings. The number of imidazole rings is 1. The Morgan fingerprint density at radius 2 is 1.83 bits per heavy atom. The summed E-state index contributed by atoms with van der Waals surface area (Å²) in [6.07, 6.45) is 5.80. The number of fused-ring (bicyclic) bond motifs is 2. The van der Waals surface area contributed by atoms with Crippen LogP contribution in [0.1, 0.15) is 22.9 Å². The van der Waals surface area contributed by atoms with Crippen LogP contribution in [-0.2, 0) is 12.8 Å². The molecule has 0 aliphatic heterocycles. The Morgan fingerprint density at radius 1 is 1.06 bits per heavy atom. The molecule has 0 saturated carbocycles. The fourth-order valence-corrected chi connectivity index (χ4v) is 2.82. The predicted octanol–water partition coefficient (Wildman–Crippen LogP) is 2.84. The summed E-state index contributed by atoms with van der Waals surface area (Å²) in [6, 6.07) is 10.6. The molecule has 3 nitrogen and oxygen atoms in total. The van der Waals surface area contributed by atoms with Crippen LogP contribution >= 0.6 is 0 Å². The van der Waals surface area contributed by atoms with Crippen LogP contribution in [0.3, 0.4) is 0 Å². The number of nitrogens with zero attached hydrogens (tertiary/aromatic N) is 2. The lowest BCUT2D eigenvalue weighted by atomic mass is 10.1. The summed E-state index contributed by atoms with van der Waals surface area (Å²) in [4.78, 5) is 12.2. The van der Waals surface area contributed by atoms with Gasteiger partial charge in [0.1, 0.15) is 5.82 Å². The number of pyridine rings is 1. The van der Waals surface area contributed by atoms with Crippen LogP contribution in [0.15, 0.2) is 42.7 Å². The maximum atomic E-state index is 4.68. The molecule has 88 valence electrons. The van der Waals surface area contributed by atoms with Crippen molar-refractivity contribution >= 4 is 11.0 Å². The van der Waals surface area contributed by atoms with Crippen molar-refractivity contribution in [3.63, 3.8) is 0 Å². The number of aromatic amines is 1. The third kappa shape index (κ3) is 1.44. The van der Waals surface area contributed by atoms with Crippen LogP contribution in [0.25, 0.3) is 11.0 Å². The summed E-state index contributed by atoms with van der Waals surface area (Å²) in [5.41, 5.74) is 4.96. The molecule has 0 radical (unpaired) electrons. The highest BCUT2D eigenvalue weighted by Gasteiger charge is 2.24. The first-order valence-electron chi connectivity index (χ1n) is 6.26. The molecule has 3 heteroatoms. The van der Waals surface area contributed by atoms with Gasteiger partial charge in [0.05, 0.1) is 17.2 Å². The van der Waals surface area contributed by atoms with Crippen LogP contribution in [0.5, 0.6) is 0 Å². The number of hydrogen-bond donors (Lipinski definition) is 1. The normalized spacial score (nSPS) is 15.1. The molecule has 2 aromatic heterocycles. The van der Waals surface area contributed by atoms with Crippen molar-refractivity contribution in [3.05, 3.63) is 59.7 Å². The monoisotopic (exact) mass is 235 g/mol. The number of benzene rings is 1. The summed E-state index contributed by atoms with van der Waals surface area (Å²) in [6.45, 7) is 0. The van der Waals surface area contributed by atoms with Gasteiger partial charge in [-0.05, 0) is 30.0 Å². The largest absolute Gasteiger partial charge is 0.340 e. The number of hydrogen-bond acceptors (Lipinski definition) is 2. The Balaban J connectivity index is 1.73. The molecule has 1 N–H and O–H groups in total. The second-order valence-corrected chi connectivity index (χ2v) is 4.89. The van der Waals surface area contributed by atoms with Gasteiger partial charge in [-0.3, -0.25) is 4.98 Å². The van der Waals surface area contributed by atoms with Gasteiger partial charge in [0.25, 0.3) is 0 Å². The number of rotatable bonds is 1. The predicted molar refractivity (Wildman–Crippen MR) is 70.5 cm³/mol. The van der Waals surface area contributed by atoms with Gasteiger partial charge in [-0.15, -0.1) is 0 Å². The van der Waals surface area contributed by atoms with Gasteiger partial charge >= 0.3 is 0 Å². The van der Waals surface area contributed by atoms with Crippen LogP contribution in [-0.4, -0.2) is 15.0 Å². The van der Waals surface area contributed by atoms with Crippen molar-refractivity contribution in [1.29, 1.82) is 0 Å². The molecule has 0 fully saturated rings. The smallest absolute Gasteiger partial charge is 0.111 e. The van der Waals surface area contributed by atoms with E-state index in [1.807, 2.05) is 12.3 Å². The highest BCUT2D eigenvalue weighted by Crippen LogP contribution is 2.33. The van der Waals surface area contributed by atoms with Gasteiger partial charge in [0.2, 0.25) is 0 Å². The van der Waals surface area contributed by atoms with Gasteiger partial charge in [-0.2, -0.15) is 0 Å². The Labute approximate surface area is 105 Å². The SMILES string of the molecule is c1ccc2c(c1)CC(c1nc3ccncc3[nH]1)C2. The van der Waals surface area contributed by atoms with Crippen LogP contribution < -0.4 is 0 Å². The molecule has 18 heavy (non-hydrogen) atoms. The number of nitrogens with one attached hydrogen (secondary N) is 1. The first-order chi connectivity index (χ1) is 8.90. The Kier molecular flexibility index (Phi) is 2.00. The molecular formula is C15H13N3. The van der Waals surface area contributed by atoms with Crippen LogP contribution in [0, 0.1) is 0 Å². The molecule has 0 atom stereocenters. The fraction of sp³-hybridized carbons (Fsp3) is 0.200. The summed E-state index contributed by atoms with van der Waals surface area (Å²) < 4.78 is 0. The number of aromatic nitrogens is 3. The third-order valence-electron chi connectivity index (χ3n) is 3.74. The third-order valence-corrected chi connectivity index (χ3v) is 3.74. The zero-order chi connectivity index (χ0) is 11.9. The van der Waals surface area contributed by atoms with Crippen molar-refractivity contribution in [3.8, 4) is 0 Å². The van der Waals surface area contributed by atoms with E-state index in [4.69, 9.17) is 0 Å². The molecule has 1 aromatic carbocycles. The summed E-state index contributed by atoms with van der Waals surface area (Å²) in [5.74, 6) is 1.57. The zero-order valence-electron chi connectivity index (χ0n) is 9.93. The van der Waals surface area contributed by atoms with E-state index < -0.39 is 0 Å². The van der Waals surface area contributed by atoms with Crippen LogP contribution in [0.2, 0.25) is 0 Å². The first kappa shape index (κ1) is 9.83. The second kappa shape index (κ2) is 3.67. The van der Waals surface area contributed by atoms with Crippen molar-refractivity contribution in [2.45, 2.75) is 18.8 Å². The van der Waals surface area contributed by atoms with Crippen LogP contribution in [0.4, 0.5) is 0 Å². The highest BCUT2D eigenvalue weighted by atomic mass is 14.9. The molecule has 0 saturated heterocycles. The summed E-state index contributed by atoms with van der Waals surface area (Å²) in [7, 11) is 0. The second-order valence-electron chi connectivity index (χ2n) is 4.89. The van der Waals surface area contributed by atoms with Gasteiger partial charge in [-0.1, -0.05) is 24.3 Å². The summed E-state index contributed by atoms with van der Waals surface area (Å²) >= 11 is 0.